The molecule has 9 rings (SSSR count). The Hall–Kier alpha value is -7.48. The van der Waals surface area contributed by atoms with Gasteiger partial charge in [0.25, 0.3) is 0 Å². The van der Waals surface area contributed by atoms with Crippen LogP contribution in [-0.2, 0) is 8.85 Å². The van der Waals surface area contributed by atoms with Gasteiger partial charge < -0.3 is 23.6 Å². The molecule has 0 aliphatic rings. The molecule has 0 unspecified atom stereocenters. The lowest BCUT2D eigenvalue weighted by atomic mass is 10.0. The molecule has 0 saturated carbocycles. The predicted octanol–water partition coefficient (Wildman–Crippen LogP) is 16.2. The van der Waals surface area contributed by atoms with Crippen LogP contribution in [-0.4, -0.2) is 22.8 Å². The van der Waals surface area contributed by atoms with E-state index in [2.05, 4.69) is 267 Å². The van der Waals surface area contributed by atoms with E-state index in [1.807, 2.05) is 0 Å². The lowest BCUT2D eigenvalue weighted by Gasteiger charge is -2.29. The van der Waals surface area contributed by atoms with Crippen molar-refractivity contribution in [2.45, 2.75) is 34.2 Å². The fourth-order valence-corrected chi connectivity index (χ4v) is 10.0. The Labute approximate surface area is 398 Å². The fourth-order valence-electron chi connectivity index (χ4n) is 8.58. The van der Waals surface area contributed by atoms with Crippen molar-refractivity contribution >= 4 is 64.9 Å². The summed E-state index contributed by atoms with van der Waals surface area (Å²) in [5.41, 5.74) is 19.4. The number of hydrogen-bond acceptors (Lipinski definition) is 5. The van der Waals surface area contributed by atoms with Crippen LogP contribution in [0.15, 0.2) is 218 Å². The van der Waals surface area contributed by atoms with Crippen molar-refractivity contribution in [3.63, 3.8) is 0 Å². The third-order valence-electron chi connectivity index (χ3n) is 12.7. The third-order valence-corrected chi connectivity index (χ3v) is 15.7. The minimum Gasteiger partial charge on any atom is -0.394 e. The van der Waals surface area contributed by atoms with Gasteiger partial charge in [0.05, 0.1) is 0 Å². The third kappa shape index (κ3) is 9.74. The second-order valence-electron chi connectivity index (χ2n) is 17.4. The highest BCUT2D eigenvalue weighted by Gasteiger charge is 2.32. The molecule has 5 nitrogen and oxygen atoms in total. The van der Waals surface area contributed by atoms with Crippen LogP contribution in [0.3, 0.4) is 0 Å². The van der Waals surface area contributed by atoms with Gasteiger partial charge in [0, 0.05) is 65.4 Å². The smallest absolute Gasteiger partial charge is 0.368 e. The van der Waals surface area contributed by atoms with Crippen molar-refractivity contribution in [2.75, 3.05) is 28.9 Å². The zero-order valence-electron chi connectivity index (χ0n) is 39.4. The first kappa shape index (κ1) is 44.7. The van der Waals surface area contributed by atoms with E-state index in [1.165, 1.54) is 22.3 Å². The lowest BCUT2D eigenvalue weighted by molar-refractivity contribution is 0.265. The maximum atomic E-state index is 6.01. The Bertz CT molecular complexity index is 2770. The van der Waals surface area contributed by atoms with Crippen molar-refractivity contribution in [3.05, 3.63) is 241 Å². The molecule has 0 aromatic heterocycles. The van der Waals surface area contributed by atoms with Crippen molar-refractivity contribution in [1.82, 2.24) is 0 Å². The van der Waals surface area contributed by atoms with Crippen LogP contribution in [0.2, 0.25) is 6.55 Å². The number of anilines is 9. The molecule has 0 aliphatic carbocycles. The molecule has 9 aromatic rings. The zero-order valence-corrected chi connectivity index (χ0v) is 40.4. The Morgan fingerprint density at radius 1 is 0.284 bits per heavy atom. The van der Waals surface area contributed by atoms with Gasteiger partial charge >= 0.3 is 8.56 Å². The molecule has 67 heavy (non-hydrogen) atoms. The van der Waals surface area contributed by atoms with Crippen LogP contribution in [0.5, 0.6) is 0 Å². The van der Waals surface area contributed by atoms with Gasteiger partial charge in [-0.15, -0.1) is 0 Å². The van der Waals surface area contributed by atoms with Gasteiger partial charge in [-0.05, 0) is 171 Å². The summed E-state index contributed by atoms with van der Waals surface area (Å²) in [5.74, 6) is 0. The molecular weight excluding hydrogens is 835 g/mol. The van der Waals surface area contributed by atoms with E-state index in [-0.39, 0.29) is 0 Å². The molecule has 0 bridgehead atoms. The molecule has 0 fully saturated rings. The van der Waals surface area contributed by atoms with E-state index in [4.69, 9.17) is 8.85 Å². The van der Waals surface area contributed by atoms with Crippen molar-refractivity contribution < 1.29 is 8.85 Å². The van der Waals surface area contributed by atoms with Gasteiger partial charge in [-0.1, -0.05) is 131 Å². The summed E-state index contributed by atoms with van der Waals surface area (Å²) in [6.07, 6.45) is 0. The van der Waals surface area contributed by atoms with Crippen LogP contribution in [0, 0.1) is 27.7 Å². The first-order chi connectivity index (χ1) is 32.6. The minimum absolute atomic E-state index is 1.03. The Kier molecular flexibility index (Phi) is 13.0. The number of hydrogen-bond donors (Lipinski definition) is 0. The largest absolute Gasteiger partial charge is 0.394 e. The summed E-state index contributed by atoms with van der Waals surface area (Å²) in [6, 6.07) is 78.9. The summed E-state index contributed by atoms with van der Waals surface area (Å²) in [6.45, 7) is 10.6. The summed E-state index contributed by atoms with van der Waals surface area (Å²) in [7, 11) is 0.860. The summed E-state index contributed by atoms with van der Waals surface area (Å²) >= 11 is 0. The molecule has 332 valence electrons. The average Bonchev–Trinajstić information content (AvgIpc) is 3.37. The highest BCUT2D eigenvalue weighted by Crippen LogP contribution is 2.40. The molecule has 0 atom stereocenters. The minimum atomic E-state index is -2.62. The predicted molar refractivity (Wildman–Crippen MR) is 286 cm³/mol. The monoisotopic (exact) mass is 891 g/mol. The zero-order chi connectivity index (χ0) is 46.5. The van der Waals surface area contributed by atoms with Gasteiger partial charge in [-0.3, -0.25) is 0 Å². The maximum absolute atomic E-state index is 6.01. The highest BCUT2D eigenvalue weighted by molar-refractivity contribution is 6.80. The Morgan fingerprint density at radius 2 is 0.507 bits per heavy atom. The van der Waals surface area contributed by atoms with E-state index < -0.39 is 8.56 Å². The molecule has 0 aliphatic heterocycles. The van der Waals surface area contributed by atoms with Crippen molar-refractivity contribution in [2.24, 2.45) is 0 Å². The second kappa shape index (κ2) is 19.5. The first-order valence-electron chi connectivity index (χ1n) is 22.9. The van der Waals surface area contributed by atoms with Crippen LogP contribution in [0.25, 0.3) is 22.3 Å². The van der Waals surface area contributed by atoms with Crippen LogP contribution in [0.4, 0.5) is 51.2 Å². The van der Waals surface area contributed by atoms with Crippen LogP contribution < -0.4 is 19.9 Å². The molecule has 0 saturated heterocycles. The molecule has 0 amide bonds. The van der Waals surface area contributed by atoms with Crippen molar-refractivity contribution in [1.29, 1.82) is 0 Å². The van der Waals surface area contributed by atoms with Gasteiger partial charge in [-0.2, -0.15) is 0 Å². The van der Waals surface area contributed by atoms with E-state index >= 15 is 0 Å². The Morgan fingerprint density at radius 3 is 0.746 bits per heavy atom. The number of aryl methyl sites for hydroxylation is 4. The van der Waals surface area contributed by atoms with E-state index in [0.717, 1.165) is 78.6 Å². The molecule has 0 radical (unpaired) electrons. The van der Waals surface area contributed by atoms with Crippen LogP contribution in [0.1, 0.15) is 22.3 Å². The van der Waals surface area contributed by atoms with Gasteiger partial charge in [0.2, 0.25) is 0 Å². The number of nitrogens with zero attached hydrogens (tertiary/aromatic N) is 3. The maximum Gasteiger partial charge on any atom is 0.368 e. The summed E-state index contributed by atoms with van der Waals surface area (Å²) < 4.78 is 12.0. The topological polar surface area (TPSA) is 28.2 Å². The molecule has 6 heteroatoms. The quantitative estimate of drug-likeness (QED) is 0.101. The van der Waals surface area contributed by atoms with E-state index in [1.54, 1.807) is 14.2 Å². The second-order valence-corrected chi connectivity index (χ2v) is 20.7. The lowest BCUT2D eigenvalue weighted by Crippen LogP contribution is -2.49. The molecular formula is C61H57N3O2Si. The van der Waals surface area contributed by atoms with Gasteiger partial charge in [0.1, 0.15) is 0 Å². The standard InChI is InChI=1S/C61H57N3O2Si/c1-44-11-27-52(28-12-44)62(53-29-13-45(2)14-30-53)56-35-19-48(20-36-56)50-23-39-58(40-24-50)64(60-9-8-10-61(43-60)67(7,65-5)66-6)59-41-25-51(26-42-59)49-21-37-57(38-22-49)63(54-31-15-46(3)16-32-54)55-33-17-47(4)18-34-55/h8-43H,1-7H3. The van der Waals surface area contributed by atoms with E-state index in [9.17, 15) is 0 Å². The molecule has 0 heterocycles. The fraction of sp³-hybridized carbons (Fsp3) is 0.115. The number of rotatable bonds is 14. The highest BCUT2D eigenvalue weighted by atomic mass is 28.4. The van der Waals surface area contributed by atoms with Crippen LogP contribution >= 0.6 is 0 Å². The SMILES string of the molecule is CO[Si](C)(OC)c1cccc(N(c2ccc(-c3ccc(N(c4ccc(C)cc4)c4ccc(C)cc4)cc3)cc2)c2ccc(-c3ccc(N(c4ccc(C)cc4)c4ccc(C)cc4)cc3)cc2)c1. The van der Waals surface area contributed by atoms with E-state index in [0.29, 0.717) is 0 Å². The number of benzene rings is 9. The molecule has 9 aromatic carbocycles. The normalized spacial score (nSPS) is 11.3. The average molecular weight is 892 g/mol. The molecule has 0 N–H and O–H groups in total. The molecule has 0 spiro atoms. The first-order valence-corrected chi connectivity index (χ1v) is 25.2. The Balaban J connectivity index is 1.02. The van der Waals surface area contributed by atoms with Crippen molar-refractivity contribution in [3.8, 4) is 22.3 Å². The summed E-state index contributed by atoms with van der Waals surface area (Å²) in [5, 5.41) is 1.06. The summed E-state index contributed by atoms with van der Waals surface area (Å²) in [4.78, 5) is 6.93. The van der Waals surface area contributed by atoms with Gasteiger partial charge in [-0.25, -0.2) is 0 Å². The van der Waals surface area contributed by atoms with Gasteiger partial charge in [0.15, 0.2) is 0 Å².